The van der Waals surface area contributed by atoms with Crippen LogP contribution in [0.5, 0.6) is 0 Å². The summed E-state index contributed by atoms with van der Waals surface area (Å²) in [5, 5.41) is 0. The molecule has 94 valence electrons. The first-order valence-electron chi connectivity index (χ1n) is 5.80. The van der Waals surface area contributed by atoms with Gasteiger partial charge in [0.05, 0.1) is 12.2 Å². The van der Waals surface area contributed by atoms with Gasteiger partial charge in [-0.2, -0.15) is 0 Å². The van der Waals surface area contributed by atoms with Gasteiger partial charge in [0.1, 0.15) is 5.82 Å². The molecule has 0 radical (unpaired) electrons. The molecule has 0 aliphatic carbocycles. The summed E-state index contributed by atoms with van der Waals surface area (Å²) in [6.45, 7) is 3.64. The highest BCUT2D eigenvalue weighted by molar-refractivity contribution is 9.10. The van der Waals surface area contributed by atoms with Gasteiger partial charge >= 0.3 is 0 Å². The Morgan fingerprint density at radius 2 is 1.89 bits per heavy atom. The molecule has 0 amide bonds. The third-order valence-electron chi connectivity index (χ3n) is 2.71. The van der Waals surface area contributed by atoms with Crippen LogP contribution in [-0.4, -0.2) is 11.5 Å². The summed E-state index contributed by atoms with van der Waals surface area (Å²) in [5.41, 5.74) is 1.99. The summed E-state index contributed by atoms with van der Waals surface area (Å²) < 4.78 is 13.9. The third-order valence-corrected chi connectivity index (χ3v) is 3.18. The Morgan fingerprint density at radius 1 is 1.17 bits per heavy atom. The van der Waals surface area contributed by atoms with E-state index in [2.05, 4.69) is 32.7 Å². The van der Waals surface area contributed by atoms with Crippen LogP contribution in [0.2, 0.25) is 0 Å². The lowest BCUT2D eigenvalue weighted by atomic mass is 10.2. The van der Waals surface area contributed by atoms with Crippen LogP contribution in [0, 0.1) is 5.82 Å². The normalized spacial score (nSPS) is 10.4. The summed E-state index contributed by atoms with van der Waals surface area (Å²) in [5.74, 6) is -0.212. The predicted octanol–water partition coefficient (Wildman–Crippen LogP) is 4.01. The van der Waals surface area contributed by atoms with Gasteiger partial charge in [0.15, 0.2) is 0 Å². The smallest absolute Gasteiger partial charge is 0.123 e. The lowest BCUT2D eigenvalue weighted by Crippen LogP contribution is -2.22. The van der Waals surface area contributed by atoms with E-state index in [0.29, 0.717) is 0 Å². The summed E-state index contributed by atoms with van der Waals surface area (Å²) in [6.07, 6.45) is 1.79. The van der Waals surface area contributed by atoms with E-state index in [0.717, 1.165) is 28.9 Å². The van der Waals surface area contributed by atoms with Crippen molar-refractivity contribution in [2.45, 2.75) is 13.5 Å². The minimum atomic E-state index is -0.212. The molecule has 0 saturated heterocycles. The first-order valence-corrected chi connectivity index (χ1v) is 6.59. The highest BCUT2D eigenvalue weighted by Gasteiger charge is 2.06. The predicted molar refractivity (Wildman–Crippen MR) is 75.1 cm³/mol. The van der Waals surface area contributed by atoms with E-state index >= 15 is 0 Å². The topological polar surface area (TPSA) is 16.1 Å². The van der Waals surface area contributed by atoms with Gasteiger partial charge in [-0.1, -0.05) is 0 Å². The largest absolute Gasteiger partial charge is 0.366 e. The van der Waals surface area contributed by atoms with Gasteiger partial charge in [-0.05, 0) is 59.3 Å². The van der Waals surface area contributed by atoms with Crippen molar-refractivity contribution in [2.75, 3.05) is 11.4 Å². The molecule has 0 N–H and O–H groups in total. The molecule has 0 spiro atoms. The third kappa shape index (κ3) is 3.29. The van der Waals surface area contributed by atoms with Crippen LogP contribution in [0.25, 0.3) is 0 Å². The number of benzene rings is 1. The monoisotopic (exact) mass is 308 g/mol. The van der Waals surface area contributed by atoms with Gasteiger partial charge in [0.25, 0.3) is 0 Å². The standard InChI is InChI=1S/C14H14BrFN2/c1-2-18(14-7-4-12(16)5-8-14)10-13-6-3-11(15)9-17-13/h3-9H,2,10H2,1H3. The maximum Gasteiger partial charge on any atom is 0.123 e. The number of hydrogen-bond donors (Lipinski definition) is 0. The van der Waals surface area contributed by atoms with E-state index in [4.69, 9.17) is 0 Å². The fourth-order valence-corrected chi connectivity index (χ4v) is 1.97. The average Bonchev–Trinajstić information content (AvgIpc) is 2.39. The molecule has 0 unspecified atom stereocenters. The van der Waals surface area contributed by atoms with Gasteiger partial charge < -0.3 is 4.90 Å². The molecule has 0 aliphatic heterocycles. The van der Waals surface area contributed by atoms with E-state index in [1.807, 2.05) is 12.1 Å². The molecule has 4 heteroatoms. The molecule has 1 aromatic heterocycles. The Hall–Kier alpha value is -1.42. The zero-order chi connectivity index (χ0) is 13.0. The second kappa shape index (κ2) is 5.96. The van der Waals surface area contributed by atoms with Crippen molar-refractivity contribution in [3.05, 3.63) is 58.6 Å². The maximum absolute atomic E-state index is 12.9. The molecule has 2 aromatic rings. The minimum absolute atomic E-state index is 0.212. The second-order valence-corrected chi connectivity index (χ2v) is 4.87. The molecule has 1 aromatic carbocycles. The molecule has 0 bridgehead atoms. The number of anilines is 1. The SMILES string of the molecule is CCN(Cc1ccc(Br)cn1)c1ccc(F)cc1. The molecule has 1 heterocycles. The van der Waals surface area contributed by atoms with E-state index in [1.54, 1.807) is 18.3 Å². The Balaban J connectivity index is 2.14. The quantitative estimate of drug-likeness (QED) is 0.848. The van der Waals surface area contributed by atoms with Crippen molar-refractivity contribution in [3.63, 3.8) is 0 Å². The molecular formula is C14H14BrFN2. The lowest BCUT2D eigenvalue weighted by molar-refractivity contribution is 0.627. The van der Waals surface area contributed by atoms with Crippen molar-refractivity contribution in [1.29, 1.82) is 0 Å². The molecule has 0 aliphatic rings. The van der Waals surface area contributed by atoms with E-state index in [9.17, 15) is 4.39 Å². The number of hydrogen-bond acceptors (Lipinski definition) is 2. The van der Waals surface area contributed by atoms with Crippen LogP contribution in [0.1, 0.15) is 12.6 Å². The van der Waals surface area contributed by atoms with Gasteiger partial charge in [0, 0.05) is 22.9 Å². The van der Waals surface area contributed by atoms with Gasteiger partial charge in [-0.15, -0.1) is 0 Å². The summed E-state index contributed by atoms with van der Waals surface area (Å²) >= 11 is 3.36. The van der Waals surface area contributed by atoms with Crippen molar-refractivity contribution < 1.29 is 4.39 Å². The zero-order valence-corrected chi connectivity index (χ0v) is 11.7. The number of halogens is 2. The Bertz CT molecular complexity index is 496. The molecule has 0 fully saturated rings. The molecule has 0 saturated carbocycles. The van der Waals surface area contributed by atoms with Crippen molar-refractivity contribution >= 4 is 21.6 Å². The number of nitrogens with zero attached hydrogens (tertiary/aromatic N) is 2. The first kappa shape index (κ1) is 13.0. The minimum Gasteiger partial charge on any atom is -0.366 e. The number of rotatable bonds is 4. The number of aromatic nitrogens is 1. The second-order valence-electron chi connectivity index (χ2n) is 3.96. The van der Waals surface area contributed by atoms with E-state index < -0.39 is 0 Å². The Kier molecular flexibility index (Phi) is 4.31. The van der Waals surface area contributed by atoms with Crippen molar-refractivity contribution in [1.82, 2.24) is 4.98 Å². The van der Waals surface area contributed by atoms with E-state index in [1.165, 1.54) is 12.1 Å². The fraction of sp³-hybridized carbons (Fsp3) is 0.214. The fourth-order valence-electron chi connectivity index (χ4n) is 1.73. The molecule has 2 rings (SSSR count). The van der Waals surface area contributed by atoms with Gasteiger partial charge in [-0.3, -0.25) is 4.98 Å². The van der Waals surface area contributed by atoms with Crippen LogP contribution in [0.15, 0.2) is 47.1 Å². The summed E-state index contributed by atoms with van der Waals surface area (Å²) in [4.78, 5) is 6.49. The Morgan fingerprint density at radius 3 is 2.44 bits per heavy atom. The lowest BCUT2D eigenvalue weighted by Gasteiger charge is -2.22. The van der Waals surface area contributed by atoms with Crippen LogP contribution in [0.3, 0.4) is 0 Å². The zero-order valence-electron chi connectivity index (χ0n) is 10.1. The maximum atomic E-state index is 12.9. The van der Waals surface area contributed by atoms with Crippen molar-refractivity contribution in [3.8, 4) is 0 Å². The van der Waals surface area contributed by atoms with Crippen LogP contribution in [0.4, 0.5) is 10.1 Å². The van der Waals surface area contributed by atoms with Gasteiger partial charge in [0.2, 0.25) is 0 Å². The molecule has 18 heavy (non-hydrogen) atoms. The highest BCUT2D eigenvalue weighted by atomic mass is 79.9. The van der Waals surface area contributed by atoms with Crippen LogP contribution < -0.4 is 4.90 Å². The summed E-state index contributed by atoms with van der Waals surface area (Å²) in [7, 11) is 0. The van der Waals surface area contributed by atoms with E-state index in [-0.39, 0.29) is 5.82 Å². The van der Waals surface area contributed by atoms with Crippen LogP contribution in [-0.2, 0) is 6.54 Å². The molecular weight excluding hydrogens is 295 g/mol. The van der Waals surface area contributed by atoms with Gasteiger partial charge in [-0.25, -0.2) is 4.39 Å². The van der Waals surface area contributed by atoms with Crippen LogP contribution >= 0.6 is 15.9 Å². The average molecular weight is 309 g/mol. The van der Waals surface area contributed by atoms with Crippen molar-refractivity contribution in [2.24, 2.45) is 0 Å². The number of pyridine rings is 1. The highest BCUT2D eigenvalue weighted by Crippen LogP contribution is 2.17. The first-order chi connectivity index (χ1) is 8.69. The Labute approximate surface area is 115 Å². The molecule has 0 atom stereocenters. The molecule has 2 nitrogen and oxygen atoms in total. The summed E-state index contributed by atoms with van der Waals surface area (Å²) in [6, 6.07) is 10.5.